The molecule has 0 spiro atoms. The van der Waals surface area contributed by atoms with Crippen molar-refractivity contribution < 1.29 is 4.74 Å². The molecule has 16 heavy (non-hydrogen) atoms. The Balaban J connectivity index is 2.07. The SMILES string of the molecule is CCCNC(c1ccccn1)C1CCOC1. The second-order valence-corrected chi connectivity index (χ2v) is 4.31. The van der Waals surface area contributed by atoms with Crippen LogP contribution in [0.25, 0.3) is 0 Å². The fourth-order valence-corrected chi connectivity index (χ4v) is 2.19. The molecule has 2 unspecified atom stereocenters. The summed E-state index contributed by atoms with van der Waals surface area (Å²) in [6.07, 6.45) is 4.15. The lowest BCUT2D eigenvalue weighted by atomic mass is 9.95. The molecule has 2 rings (SSSR count). The third-order valence-electron chi connectivity index (χ3n) is 3.06. The van der Waals surface area contributed by atoms with Gasteiger partial charge in [-0.05, 0) is 31.5 Å². The van der Waals surface area contributed by atoms with Gasteiger partial charge < -0.3 is 10.1 Å². The molecule has 0 aromatic carbocycles. The fraction of sp³-hybridized carbons (Fsp3) is 0.615. The number of nitrogens with zero attached hydrogens (tertiary/aromatic N) is 1. The zero-order chi connectivity index (χ0) is 11.2. The van der Waals surface area contributed by atoms with E-state index < -0.39 is 0 Å². The standard InChI is InChI=1S/C13H20N2O/c1-2-7-15-13(11-6-9-16-10-11)12-5-3-4-8-14-12/h3-5,8,11,13,15H,2,6-7,9-10H2,1H3. The van der Waals surface area contributed by atoms with Gasteiger partial charge in [0.15, 0.2) is 0 Å². The Morgan fingerprint density at radius 1 is 1.56 bits per heavy atom. The molecule has 1 aliphatic heterocycles. The van der Waals surface area contributed by atoms with Gasteiger partial charge in [-0.2, -0.15) is 0 Å². The molecule has 0 radical (unpaired) electrons. The second kappa shape index (κ2) is 5.97. The molecule has 0 aliphatic carbocycles. The van der Waals surface area contributed by atoms with Crippen LogP contribution >= 0.6 is 0 Å². The lowest BCUT2D eigenvalue weighted by molar-refractivity contribution is 0.176. The van der Waals surface area contributed by atoms with E-state index in [9.17, 15) is 0 Å². The molecule has 1 saturated heterocycles. The Morgan fingerprint density at radius 3 is 3.12 bits per heavy atom. The number of pyridine rings is 1. The number of aromatic nitrogens is 1. The maximum atomic E-state index is 5.47. The molecule has 2 atom stereocenters. The van der Waals surface area contributed by atoms with Crippen molar-refractivity contribution in [1.29, 1.82) is 0 Å². The molecule has 0 bridgehead atoms. The molecule has 2 heterocycles. The minimum Gasteiger partial charge on any atom is -0.381 e. The summed E-state index contributed by atoms with van der Waals surface area (Å²) in [4.78, 5) is 4.46. The first kappa shape index (κ1) is 11.6. The van der Waals surface area contributed by atoms with E-state index in [1.165, 1.54) is 0 Å². The Labute approximate surface area is 97.2 Å². The second-order valence-electron chi connectivity index (χ2n) is 4.31. The van der Waals surface area contributed by atoms with Crippen molar-refractivity contribution in [2.45, 2.75) is 25.8 Å². The Kier molecular flexibility index (Phi) is 4.31. The average molecular weight is 220 g/mol. The van der Waals surface area contributed by atoms with Gasteiger partial charge in [-0.1, -0.05) is 13.0 Å². The molecule has 1 aromatic rings. The van der Waals surface area contributed by atoms with E-state index in [1.807, 2.05) is 12.3 Å². The van der Waals surface area contributed by atoms with Gasteiger partial charge in [-0.25, -0.2) is 0 Å². The summed E-state index contributed by atoms with van der Waals surface area (Å²) in [5.74, 6) is 0.571. The molecule has 0 saturated carbocycles. The van der Waals surface area contributed by atoms with Gasteiger partial charge >= 0.3 is 0 Å². The summed E-state index contributed by atoms with van der Waals surface area (Å²) < 4.78 is 5.47. The van der Waals surface area contributed by atoms with E-state index in [0.29, 0.717) is 12.0 Å². The van der Waals surface area contributed by atoms with Crippen LogP contribution in [0.4, 0.5) is 0 Å². The van der Waals surface area contributed by atoms with Gasteiger partial charge in [0.05, 0.1) is 18.3 Å². The van der Waals surface area contributed by atoms with Crippen molar-refractivity contribution in [1.82, 2.24) is 10.3 Å². The summed E-state index contributed by atoms with van der Waals surface area (Å²) in [6, 6.07) is 6.47. The summed E-state index contributed by atoms with van der Waals surface area (Å²) in [5.41, 5.74) is 1.14. The lowest BCUT2D eigenvalue weighted by Crippen LogP contribution is -2.30. The Morgan fingerprint density at radius 2 is 2.50 bits per heavy atom. The van der Waals surface area contributed by atoms with Gasteiger partial charge in [0, 0.05) is 18.7 Å². The molecule has 1 N–H and O–H groups in total. The van der Waals surface area contributed by atoms with Gasteiger partial charge in [0.25, 0.3) is 0 Å². The lowest BCUT2D eigenvalue weighted by Gasteiger charge is -2.23. The predicted octanol–water partition coefficient (Wildman–Crippen LogP) is 2.16. The van der Waals surface area contributed by atoms with E-state index in [0.717, 1.165) is 38.3 Å². The molecular formula is C13H20N2O. The van der Waals surface area contributed by atoms with Gasteiger partial charge in [0.1, 0.15) is 0 Å². The maximum absolute atomic E-state index is 5.47. The smallest absolute Gasteiger partial charge is 0.0576 e. The summed E-state index contributed by atoms with van der Waals surface area (Å²) >= 11 is 0. The van der Waals surface area contributed by atoms with Crippen molar-refractivity contribution in [3.8, 4) is 0 Å². The van der Waals surface area contributed by atoms with Crippen LogP contribution in [-0.2, 0) is 4.74 Å². The predicted molar refractivity (Wildman–Crippen MR) is 64.2 cm³/mol. The van der Waals surface area contributed by atoms with E-state index >= 15 is 0 Å². The maximum Gasteiger partial charge on any atom is 0.0576 e. The van der Waals surface area contributed by atoms with E-state index in [4.69, 9.17) is 4.74 Å². The highest BCUT2D eigenvalue weighted by Crippen LogP contribution is 2.27. The Hall–Kier alpha value is -0.930. The molecule has 0 amide bonds. The van der Waals surface area contributed by atoms with Crippen molar-refractivity contribution in [2.24, 2.45) is 5.92 Å². The fourth-order valence-electron chi connectivity index (χ4n) is 2.19. The van der Waals surface area contributed by atoms with Crippen molar-refractivity contribution >= 4 is 0 Å². The van der Waals surface area contributed by atoms with E-state index in [1.54, 1.807) is 0 Å². The summed E-state index contributed by atoms with van der Waals surface area (Å²) in [7, 11) is 0. The van der Waals surface area contributed by atoms with Crippen LogP contribution in [0.5, 0.6) is 0 Å². The van der Waals surface area contributed by atoms with Gasteiger partial charge in [-0.3, -0.25) is 4.98 Å². The first-order valence-corrected chi connectivity index (χ1v) is 6.14. The minimum absolute atomic E-state index is 0.351. The van der Waals surface area contributed by atoms with Crippen LogP contribution in [0.2, 0.25) is 0 Å². The van der Waals surface area contributed by atoms with Crippen molar-refractivity contribution in [3.05, 3.63) is 30.1 Å². The number of hydrogen-bond acceptors (Lipinski definition) is 3. The number of hydrogen-bond donors (Lipinski definition) is 1. The highest BCUT2D eigenvalue weighted by molar-refractivity contribution is 5.10. The number of nitrogens with one attached hydrogen (secondary N) is 1. The van der Waals surface area contributed by atoms with Crippen LogP contribution in [0.1, 0.15) is 31.5 Å². The molecular weight excluding hydrogens is 200 g/mol. The third kappa shape index (κ3) is 2.80. The largest absolute Gasteiger partial charge is 0.381 e. The van der Waals surface area contributed by atoms with Crippen LogP contribution < -0.4 is 5.32 Å². The monoisotopic (exact) mass is 220 g/mol. The molecule has 1 fully saturated rings. The van der Waals surface area contributed by atoms with Crippen LogP contribution in [-0.4, -0.2) is 24.7 Å². The zero-order valence-corrected chi connectivity index (χ0v) is 9.86. The van der Waals surface area contributed by atoms with Gasteiger partial charge in [0.2, 0.25) is 0 Å². The quantitative estimate of drug-likeness (QED) is 0.825. The topological polar surface area (TPSA) is 34.2 Å². The average Bonchev–Trinajstić information content (AvgIpc) is 2.85. The van der Waals surface area contributed by atoms with E-state index in [-0.39, 0.29) is 0 Å². The molecule has 3 heteroatoms. The highest BCUT2D eigenvalue weighted by Gasteiger charge is 2.27. The summed E-state index contributed by atoms with van der Waals surface area (Å²) in [5, 5.41) is 3.59. The molecule has 1 aliphatic rings. The van der Waals surface area contributed by atoms with Crippen LogP contribution in [0, 0.1) is 5.92 Å². The molecule has 3 nitrogen and oxygen atoms in total. The molecule has 88 valence electrons. The van der Waals surface area contributed by atoms with Crippen LogP contribution in [0.15, 0.2) is 24.4 Å². The highest BCUT2D eigenvalue weighted by atomic mass is 16.5. The van der Waals surface area contributed by atoms with Crippen molar-refractivity contribution in [2.75, 3.05) is 19.8 Å². The number of ether oxygens (including phenoxy) is 1. The first-order chi connectivity index (χ1) is 7.92. The van der Waals surface area contributed by atoms with Crippen LogP contribution in [0.3, 0.4) is 0 Å². The van der Waals surface area contributed by atoms with Gasteiger partial charge in [-0.15, -0.1) is 0 Å². The minimum atomic E-state index is 0.351. The first-order valence-electron chi connectivity index (χ1n) is 6.14. The number of rotatable bonds is 5. The Bertz CT molecular complexity index is 296. The van der Waals surface area contributed by atoms with Crippen molar-refractivity contribution in [3.63, 3.8) is 0 Å². The van der Waals surface area contributed by atoms with E-state index in [2.05, 4.69) is 29.4 Å². The normalized spacial score (nSPS) is 22.2. The third-order valence-corrected chi connectivity index (χ3v) is 3.06. The zero-order valence-electron chi connectivity index (χ0n) is 9.86. The molecule has 1 aromatic heterocycles. The summed E-state index contributed by atoms with van der Waals surface area (Å²) in [6.45, 7) is 4.98.